The zero-order chi connectivity index (χ0) is 19.9. The first-order valence-corrected chi connectivity index (χ1v) is 11.1. The fraction of sp³-hybridized carbons (Fsp3) is 0.190. The van der Waals surface area contributed by atoms with E-state index in [2.05, 4.69) is 5.32 Å². The number of benzene rings is 2. The molecule has 1 aliphatic heterocycles. The number of hydrogen-bond acceptors (Lipinski definition) is 5. The Hall–Kier alpha value is -2.64. The number of fused-ring (bicyclic) bond motifs is 1. The molecule has 1 atom stereocenters. The second-order valence-corrected chi connectivity index (χ2v) is 9.57. The summed E-state index contributed by atoms with van der Waals surface area (Å²) in [6, 6.07) is 14.3. The van der Waals surface area contributed by atoms with Gasteiger partial charge in [-0.15, -0.1) is 11.3 Å². The van der Waals surface area contributed by atoms with Gasteiger partial charge in [-0.3, -0.25) is 4.79 Å². The molecule has 2 aromatic carbocycles. The van der Waals surface area contributed by atoms with Crippen molar-refractivity contribution >= 4 is 32.8 Å². The number of ether oxygens (including phenoxy) is 1. The van der Waals surface area contributed by atoms with Gasteiger partial charge in [0.25, 0.3) is 0 Å². The zero-order valence-corrected chi connectivity index (χ0v) is 17.1. The molecule has 0 aliphatic carbocycles. The number of amides is 1. The lowest BCUT2D eigenvalue weighted by atomic mass is 9.90. The molecule has 5 nitrogen and oxygen atoms in total. The summed E-state index contributed by atoms with van der Waals surface area (Å²) in [5, 5.41) is 4.41. The van der Waals surface area contributed by atoms with Crippen LogP contribution in [0, 0.1) is 6.92 Å². The molecule has 0 spiro atoms. The average molecular weight is 414 g/mol. The molecule has 1 aromatic heterocycles. The number of anilines is 1. The molecule has 2 heterocycles. The van der Waals surface area contributed by atoms with Gasteiger partial charge in [0.2, 0.25) is 15.7 Å². The van der Waals surface area contributed by atoms with Crippen LogP contribution in [0.25, 0.3) is 0 Å². The first kappa shape index (κ1) is 18.7. The van der Waals surface area contributed by atoms with Gasteiger partial charge in [-0.05, 0) is 42.3 Å². The van der Waals surface area contributed by atoms with Gasteiger partial charge in [-0.25, -0.2) is 8.42 Å². The summed E-state index contributed by atoms with van der Waals surface area (Å²) < 4.78 is 31.7. The maximum absolute atomic E-state index is 13.2. The average Bonchev–Trinajstić information content (AvgIpc) is 3.12. The second kappa shape index (κ2) is 7.07. The number of nitrogens with one attached hydrogen (secondary N) is 1. The van der Waals surface area contributed by atoms with Crippen LogP contribution in [0.3, 0.4) is 0 Å². The van der Waals surface area contributed by atoms with Crippen LogP contribution in [0.2, 0.25) is 0 Å². The number of methoxy groups -OCH3 is 1. The largest absolute Gasteiger partial charge is 0.497 e. The smallest absolute Gasteiger partial charge is 0.225 e. The number of thiophene rings is 1. The van der Waals surface area contributed by atoms with Gasteiger partial charge < -0.3 is 10.1 Å². The van der Waals surface area contributed by atoms with Crippen molar-refractivity contribution in [1.29, 1.82) is 0 Å². The van der Waals surface area contributed by atoms with E-state index in [-0.39, 0.29) is 28.0 Å². The molecule has 144 valence electrons. The lowest BCUT2D eigenvalue weighted by molar-refractivity contribution is -0.116. The third-order valence-electron chi connectivity index (χ3n) is 4.84. The summed E-state index contributed by atoms with van der Waals surface area (Å²) in [5.41, 5.74) is 2.19. The Morgan fingerprint density at radius 2 is 1.93 bits per heavy atom. The number of carbonyl (C=O) groups excluding carboxylic acids is 1. The highest BCUT2D eigenvalue weighted by Crippen LogP contribution is 2.46. The highest BCUT2D eigenvalue weighted by molar-refractivity contribution is 7.91. The maximum atomic E-state index is 13.2. The van der Waals surface area contributed by atoms with E-state index in [1.54, 1.807) is 30.7 Å². The van der Waals surface area contributed by atoms with Crippen LogP contribution < -0.4 is 10.1 Å². The molecule has 3 aromatic rings. The predicted octanol–water partition coefficient (Wildman–Crippen LogP) is 4.37. The molecule has 1 unspecified atom stereocenters. The minimum absolute atomic E-state index is 0.152. The van der Waals surface area contributed by atoms with Crippen LogP contribution in [-0.2, 0) is 14.6 Å². The van der Waals surface area contributed by atoms with E-state index in [0.29, 0.717) is 11.4 Å². The summed E-state index contributed by atoms with van der Waals surface area (Å²) in [6.07, 6.45) is 0.268. The first-order chi connectivity index (χ1) is 13.4. The molecule has 0 radical (unpaired) electrons. The van der Waals surface area contributed by atoms with Crippen LogP contribution in [-0.4, -0.2) is 21.4 Å². The van der Waals surface area contributed by atoms with Crippen LogP contribution in [0.15, 0.2) is 63.7 Å². The quantitative estimate of drug-likeness (QED) is 0.689. The van der Waals surface area contributed by atoms with Crippen LogP contribution >= 0.6 is 11.3 Å². The standard InChI is InChI=1S/C21H19NO4S2/c1-13-5-3-8-16(9-13)28(24,25)18-12-27-21-17(11-19(23)22-20(18)21)14-6-4-7-15(10-14)26-2/h3-10,12,17H,11H2,1-2H3,(H,22,23). The molecule has 1 N–H and O–H groups in total. The molecular weight excluding hydrogens is 394 g/mol. The minimum Gasteiger partial charge on any atom is -0.497 e. The van der Waals surface area contributed by atoms with Gasteiger partial charge in [0, 0.05) is 22.6 Å². The highest BCUT2D eigenvalue weighted by atomic mass is 32.2. The van der Waals surface area contributed by atoms with Crippen LogP contribution in [0.5, 0.6) is 5.75 Å². The number of rotatable bonds is 4. The fourth-order valence-corrected chi connectivity index (χ4v) is 6.45. The van der Waals surface area contributed by atoms with E-state index in [9.17, 15) is 13.2 Å². The summed E-state index contributed by atoms with van der Waals surface area (Å²) in [7, 11) is -2.14. The van der Waals surface area contributed by atoms with Crippen LogP contribution in [0.1, 0.15) is 28.3 Å². The van der Waals surface area contributed by atoms with E-state index in [1.807, 2.05) is 37.3 Å². The summed E-state index contributed by atoms with van der Waals surface area (Å²) in [4.78, 5) is 13.6. The molecule has 28 heavy (non-hydrogen) atoms. The Morgan fingerprint density at radius 3 is 2.68 bits per heavy atom. The monoisotopic (exact) mass is 413 g/mol. The predicted molar refractivity (Wildman–Crippen MR) is 109 cm³/mol. The summed E-state index contributed by atoms with van der Waals surface area (Å²) in [5.74, 6) is 0.305. The summed E-state index contributed by atoms with van der Waals surface area (Å²) >= 11 is 1.36. The van der Waals surface area contributed by atoms with Gasteiger partial charge in [0.05, 0.1) is 17.7 Å². The van der Waals surface area contributed by atoms with E-state index < -0.39 is 9.84 Å². The summed E-state index contributed by atoms with van der Waals surface area (Å²) in [6.45, 7) is 1.85. The lowest BCUT2D eigenvalue weighted by Gasteiger charge is -2.24. The van der Waals surface area contributed by atoms with Gasteiger partial charge >= 0.3 is 0 Å². The normalized spacial score (nSPS) is 16.4. The van der Waals surface area contributed by atoms with Crippen molar-refractivity contribution in [3.8, 4) is 5.75 Å². The molecule has 7 heteroatoms. The number of aryl methyl sites for hydroxylation is 1. The number of hydrogen-bond donors (Lipinski definition) is 1. The van der Waals surface area contributed by atoms with Gasteiger partial charge in [0.15, 0.2) is 0 Å². The second-order valence-electron chi connectivity index (χ2n) is 6.74. The fourth-order valence-electron chi connectivity index (χ4n) is 3.44. The van der Waals surface area contributed by atoms with Gasteiger partial charge in [-0.1, -0.05) is 24.3 Å². The van der Waals surface area contributed by atoms with E-state index in [0.717, 1.165) is 16.0 Å². The van der Waals surface area contributed by atoms with Crippen molar-refractivity contribution in [2.24, 2.45) is 0 Å². The third-order valence-corrected chi connectivity index (χ3v) is 7.86. The van der Waals surface area contributed by atoms with E-state index in [4.69, 9.17) is 4.74 Å². The molecule has 1 amide bonds. The highest BCUT2D eigenvalue weighted by Gasteiger charge is 2.34. The third kappa shape index (κ3) is 3.21. The van der Waals surface area contributed by atoms with E-state index >= 15 is 0 Å². The van der Waals surface area contributed by atoms with Crippen LogP contribution in [0.4, 0.5) is 5.69 Å². The Kier molecular flexibility index (Phi) is 4.72. The molecule has 0 bridgehead atoms. The van der Waals surface area contributed by atoms with Crippen molar-refractivity contribution in [3.63, 3.8) is 0 Å². The topological polar surface area (TPSA) is 72.5 Å². The minimum atomic E-state index is -3.73. The van der Waals surface area contributed by atoms with Gasteiger partial charge in [0.1, 0.15) is 10.6 Å². The van der Waals surface area contributed by atoms with Crippen molar-refractivity contribution in [2.75, 3.05) is 12.4 Å². The van der Waals surface area contributed by atoms with Crippen molar-refractivity contribution < 1.29 is 17.9 Å². The zero-order valence-electron chi connectivity index (χ0n) is 15.4. The van der Waals surface area contributed by atoms with Gasteiger partial charge in [-0.2, -0.15) is 0 Å². The Labute approximate surface area is 167 Å². The first-order valence-electron chi connectivity index (χ1n) is 8.77. The molecule has 0 fully saturated rings. The Morgan fingerprint density at radius 1 is 1.14 bits per heavy atom. The Bertz CT molecular complexity index is 1160. The van der Waals surface area contributed by atoms with Crippen molar-refractivity contribution in [1.82, 2.24) is 0 Å². The number of sulfone groups is 1. The molecule has 0 saturated carbocycles. The van der Waals surface area contributed by atoms with Crippen molar-refractivity contribution in [2.45, 2.75) is 29.1 Å². The molecule has 4 rings (SSSR count). The number of carbonyl (C=O) groups is 1. The molecular formula is C21H19NO4S2. The lowest BCUT2D eigenvalue weighted by Crippen LogP contribution is -2.23. The van der Waals surface area contributed by atoms with E-state index in [1.165, 1.54) is 11.3 Å². The molecule has 0 saturated heterocycles. The molecule has 1 aliphatic rings. The van der Waals surface area contributed by atoms with Crippen molar-refractivity contribution in [3.05, 3.63) is 69.9 Å². The Balaban J connectivity index is 1.83. The SMILES string of the molecule is COc1cccc(C2CC(=O)Nc3c(S(=O)(=O)c4cccc(C)c4)csc32)c1. The maximum Gasteiger partial charge on any atom is 0.225 e.